The van der Waals surface area contributed by atoms with Crippen LogP contribution in [0, 0.1) is 0 Å². The van der Waals surface area contributed by atoms with E-state index in [-0.39, 0.29) is 5.41 Å². The van der Waals surface area contributed by atoms with Crippen LogP contribution >= 0.6 is 27.3 Å². The Bertz CT molecular complexity index is 277. The normalized spacial score (nSPS) is 11.8. The second kappa shape index (κ2) is 3.34. The van der Waals surface area contributed by atoms with Crippen molar-refractivity contribution in [2.75, 3.05) is 7.11 Å². The molecule has 0 aliphatic rings. The average Bonchev–Trinajstić information content (AvgIpc) is 2.29. The molecule has 0 aromatic carbocycles. The van der Waals surface area contributed by atoms with Crippen LogP contribution in [-0.4, -0.2) is 12.1 Å². The van der Waals surface area contributed by atoms with Crippen molar-refractivity contribution in [1.29, 1.82) is 0 Å². The number of thiazole rings is 1. The second-order valence-electron chi connectivity index (χ2n) is 3.55. The quantitative estimate of drug-likeness (QED) is 0.763. The van der Waals surface area contributed by atoms with Crippen LogP contribution in [0.4, 0.5) is 0 Å². The van der Waals surface area contributed by atoms with E-state index in [0.717, 1.165) is 14.7 Å². The van der Waals surface area contributed by atoms with Crippen molar-refractivity contribution >= 4 is 27.3 Å². The number of hydrogen-bond donors (Lipinski definition) is 0. The van der Waals surface area contributed by atoms with E-state index in [0.29, 0.717) is 0 Å². The molecular formula is C8H12BrNOS. The van der Waals surface area contributed by atoms with Crippen LogP contribution in [0.5, 0.6) is 5.06 Å². The highest BCUT2D eigenvalue weighted by Crippen LogP contribution is 2.36. The third kappa shape index (κ3) is 1.98. The summed E-state index contributed by atoms with van der Waals surface area (Å²) in [6.07, 6.45) is 0. The molecule has 1 aromatic rings. The molecule has 0 N–H and O–H groups in total. The van der Waals surface area contributed by atoms with Crippen molar-refractivity contribution in [2.24, 2.45) is 0 Å². The fourth-order valence-corrected chi connectivity index (χ4v) is 2.27. The molecular weight excluding hydrogens is 238 g/mol. The number of methoxy groups -OCH3 is 1. The van der Waals surface area contributed by atoms with Crippen molar-refractivity contribution in [3.05, 3.63) is 9.61 Å². The summed E-state index contributed by atoms with van der Waals surface area (Å²) in [4.78, 5) is 4.36. The van der Waals surface area contributed by atoms with Crippen molar-refractivity contribution < 1.29 is 4.74 Å². The number of hydrogen-bond acceptors (Lipinski definition) is 3. The second-order valence-corrected chi connectivity index (χ2v) is 5.26. The molecule has 0 fully saturated rings. The number of aromatic nitrogens is 1. The van der Waals surface area contributed by atoms with Crippen LogP contribution in [0.1, 0.15) is 25.8 Å². The molecule has 4 heteroatoms. The Morgan fingerprint density at radius 1 is 1.42 bits per heavy atom. The van der Waals surface area contributed by atoms with Gasteiger partial charge < -0.3 is 4.74 Å². The number of rotatable bonds is 1. The van der Waals surface area contributed by atoms with Crippen molar-refractivity contribution in [1.82, 2.24) is 4.98 Å². The van der Waals surface area contributed by atoms with Gasteiger partial charge in [-0.05, 0) is 15.9 Å². The maximum absolute atomic E-state index is 5.13. The van der Waals surface area contributed by atoms with E-state index in [1.807, 2.05) is 0 Å². The lowest BCUT2D eigenvalue weighted by atomic mass is 9.98. The monoisotopic (exact) mass is 249 g/mol. The zero-order chi connectivity index (χ0) is 9.35. The molecule has 0 saturated carbocycles. The van der Waals surface area contributed by atoms with Crippen molar-refractivity contribution in [2.45, 2.75) is 26.2 Å². The van der Waals surface area contributed by atoms with Gasteiger partial charge in [0.1, 0.15) is 5.01 Å². The van der Waals surface area contributed by atoms with Gasteiger partial charge in [-0.25, -0.2) is 4.98 Å². The van der Waals surface area contributed by atoms with E-state index in [1.54, 1.807) is 18.4 Å². The van der Waals surface area contributed by atoms with Crippen molar-refractivity contribution in [3.8, 4) is 5.06 Å². The predicted molar refractivity (Wildman–Crippen MR) is 55.1 cm³/mol. The Kier molecular flexibility index (Phi) is 2.78. The lowest BCUT2D eigenvalue weighted by molar-refractivity contribution is 0.423. The molecule has 0 atom stereocenters. The molecule has 12 heavy (non-hydrogen) atoms. The lowest BCUT2D eigenvalue weighted by Crippen LogP contribution is -2.09. The summed E-state index contributed by atoms with van der Waals surface area (Å²) in [5.74, 6) is 0. The first kappa shape index (κ1) is 9.99. The van der Waals surface area contributed by atoms with E-state index in [1.165, 1.54) is 0 Å². The van der Waals surface area contributed by atoms with Gasteiger partial charge in [-0.1, -0.05) is 32.1 Å². The van der Waals surface area contributed by atoms with E-state index in [9.17, 15) is 0 Å². The van der Waals surface area contributed by atoms with Crippen LogP contribution in [0.25, 0.3) is 0 Å². The van der Waals surface area contributed by atoms with Crippen LogP contribution in [0.3, 0.4) is 0 Å². The smallest absolute Gasteiger partial charge is 0.208 e. The van der Waals surface area contributed by atoms with Gasteiger partial charge in [0.05, 0.1) is 7.11 Å². The Morgan fingerprint density at radius 2 is 2.00 bits per heavy atom. The molecule has 0 bridgehead atoms. The van der Waals surface area contributed by atoms with Gasteiger partial charge in [0.25, 0.3) is 0 Å². The molecule has 0 radical (unpaired) electrons. The summed E-state index contributed by atoms with van der Waals surface area (Å²) in [5.41, 5.74) is 0.101. The summed E-state index contributed by atoms with van der Waals surface area (Å²) in [6.45, 7) is 6.41. The Balaban J connectivity index is 3.05. The minimum Gasteiger partial charge on any atom is -0.485 e. The maximum atomic E-state index is 5.13. The Labute approximate surface area is 85.1 Å². The zero-order valence-electron chi connectivity index (χ0n) is 7.64. The summed E-state index contributed by atoms with van der Waals surface area (Å²) in [6, 6.07) is 0. The molecule has 0 unspecified atom stereocenters. The third-order valence-corrected chi connectivity index (χ3v) is 3.63. The molecule has 0 aliphatic heterocycles. The number of halogens is 1. The first-order valence-corrected chi connectivity index (χ1v) is 5.27. The van der Waals surface area contributed by atoms with Crippen LogP contribution in [0.2, 0.25) is 0 Å². The predicted octanol–water partition coefficient (Wildman–Crippen LogP) is 3.21. The minimum absolute atomic E-state index is 0.101. The van der Waals surface area contributed by atoms with E-state index < -0.39 is 0 Å². The number of nitrogens with zero attached hydrogens (tertiary/aromatic N) is 1. The van der Waals surface area contributed by atoms with Crippen LogP contribution in [-0.2, 0) is 5.41 Å². The zero-order valence-corrected chi connectivity index (χ0v) is 10.0. The third-order valence-electron chi connectivity index (χ3n) is 1.38. The number of ether oxygens (including phenoxy) is 1. The Morgan fingerprint density at radius 3 is 2.25 bits per heavy atom. The highest BCUT2D eigenvalue weighted by atomic mass is 79.9. The van der Waals surface area contributed by atoms with Crippen LogP contribution in [0.15, 0.2) is 4.60 Å². The summed E-state index contributed by atoms with van der Waals surface area (Å²) in [7, 11) is 1.66. The SMILES string of the molecule is COc1sc(C(C)(C)C)nc1Br. The molecule has 1 aromatic heterocycles. The first-order chi connectivity index (χ1) is 5.45. The Hall–Kier alpha value is -0.0900. The topological polar surface area (TPSA) is 22.1 Å². The van der Waals surface area contributed by atoms with Gasteiger partial charge in [-0.2, -0.15) is 0 Å². The lowest BCUT2D eigenvalue weighted by Gasteiger charge is -2.12. The van der Waals surface area contributed by atoms with Gasteiger partial charge >= 0.3 is 0 Å². The van der Waals surface area contributed by atoms with Crippen molar-refractivity contribution in [3.63, 3.8) is 0 Å². The van der Waals surface area contributed by atoms with E-state index in [2.05, 4.69) is 41.7 Å². The highest BCUT2D eigenvalue weighted by Gasteiger charge is 2.20. The molecule has 1 heterocycles. The summed E-state index contributed by atoms with van der Waals surface area (Å²) in [5, 5.41) is 1.94. The highest BCUT2D eigenvalue weighted by molar-refractivity contribution is 9.10. The molecule has 0 amide bonds. The van der Waals surface area contributed by atoms with Gasteiger partial charge in [-0.3, -0.25) is 0 Å². The average molecular weight is 250 g/mol. The molecule has 0 saturated heterocycles. The first-order valence-electron chi connectivity index (χ1n) is 3.66. The summed E-state index contributed by atoms with van der Waals surface area (Å²) >= 11 is 4.93. The van der Waals surface area contributed by atoms with Gasteiger partial charge in [-0.15, -0.1) is 0 Å². The summed E-state index contributed by atoms with van der Waals surface area (Å²) < 4.78 is 5.94. The molecule has 0 aliphatic carbocycles. The fraction of sp³-hybridized carbons (Fsp3) is 0.625. The van der Waals surface area contributed by atoms with Gasteiger partial charge in [0, 0.05) is 5.41 Å². The standard InChI is InChI=1S/C8H12BrNOS/c1-8(2,3)7-10-5(9)6(11-4)12-7/h1-4H3. The fourth-order valence-electron chi connectivity index (χ4n) is 0.734. The molecule has 68 valence electrons. The van der Waals surface area contributed by atoms with E-state index in [4.69, 9.17) is 4.74 Å². The van der Waals surface area contributed by atoms with Gasteiger partial charge in [0.15, 0.2) is 4.60 Å². The largest absolute Gasteiger partial charge is 0.485 e. The molecule has 1 rings (SSSR count). The molecule has 2 nitrogen and oxygen atoms in total. The van der Waals surface area contributed by atoms with Gasteiger partial charge in [0.2, 0.25) is 5.06 Å². The minimum atomic E-state index is 0.101. The van der Waals surface area contributed by atoms with Crippen LogP contribution < -0.4 is 4.74 Å². The molecule has 0 spiro atoms. The van der Waals surface area contributed by atoms with E-state index >= 15 is 0 Å². The maximum Gasteiger partial charge on any atom is 0.208 e.